The number of aromatic amines is 1. The molecule has 0 aliphatic heterocycles. The lowest BCUT2D eigenvalue weighted by molar-refractivity contribution is 0.562. The molecule has 0 bridgehead atoms. The van der Waals surface area contributed by atoms with E-state index < -0.39 is 0 Å². The third kappa shape index (κ3) is 6.58. The summed E-state index contributed by atoms with van der Waals surface area (Å²) in [7, 11) is 0. The third-order valence-electron chi connectivity index (χ3n) is 4.12. The van der Waals surface area contributed by atoms with Gasteiger partial charge in [0.15, 0.2) is 0 Å². The van der Waals surface area contributed by atoms with E-state index in [0.29, 0.717) is 0 Å². The number of aromatic nitrogens is 2. The maximum Gasteiger partial charge on any atom is 0.106 e. The number of rotatable bonds is 12. The van der Waals surface area contributed by atoms with E-state index in [2.05, 4.69) is 25.8 Å². The molecule has 0 amide bonds. The summed E-state index contributed by atoms with van der Waals surface area (Å²) in [4.78, 5) is 8.21. The van der Waals surface area contributed by atoms with Crippen LogP contribution in [0.3, 0.4) is 0 Å². The van der Waals surface area contributed by atoms with Gasteiger partial charge in [-0.1, -0.05) is 72.1 Å². The maximum atomic E-state index is 4.71. The van der Waals surface area contributed by atoms with E-state index in [9.17, 15) is 0 Å². The normalized spacial score (nSPS) is 11.2. The fourth-order valence-electron chi connectivity index (χ4n) is 2.81. The molecule has 1 rings (SSSR count). The van der Waals surface area contributed by atoms with Crippen molar-refractivity contribution >= 4 is 0 Å². The molecule has 0 saturated carbocycles. The molecule has 1 heterocycles. The molecule has 20 heavy (non-hydrogen) atoms. The summed E-state index contributed by atoms with van der Waals surface area (Å²) in [6, 6.07) is 0. The number of nitrogens with zero attached hydrogens (tertiary/aromatic N) is 1. The van der Waals surface area contributed by atoms with Crippen molar-refractivity contribution in [1.29, 1.82) is 0 Å². The van der Waals surface area contributed by atoms with Gasteiger partial charge in [-0.2, -0.15) is 0 Å². The van der Waals surface area contributed by atoms with Crippen molar-refractivity contribution in [2.75, 3.05) is 0 Å². The van der Waals surface area contributed by atoms with Crippen LogP contribution < -0.4 is 0 Å². The summed E-state index contributed by atoms with van der Waals surface area (Å²) < 4.78 is 0. The lowest BCUT2D eigenvalue weighted by Crippen LogP contribution is -1.89. The average molecular weight is 278 g/mol. The molecule has 2 heteroatoms. The summed E-state index contributed by atoms with van der Waals surface area (Å²) in [6.07, 6.45) is 15.8. The van der Waals surface area contributed by atoms with Crippen LogP contribution in [-0.2, 0) is 19.3 Å². The zero-order valence-corrected chi connectivity index (χ0v) is 13.9. The van der Waals surface area contributed by atoms with Gasteiger partial charge in [0.05, 0.1) is 5.69 Å². The van der Waals surface area contributed by atoms with Gasteiger partial charge in [0.25, 0.3) is 0 Å². The van der Waals surface area contributed by atoms with Gasteiger partial charge in [-0.25, -0.2) is 4.98 Å². The molecular weight excluding hydrogens is 244 g/mol. The number of unbranched alkanes of at least 4 members (excludes halogenated alkanes) is 8. The number of aryl methyl sites for hydroxylation is 3. The van der Waals surface area contributed by atoms with Crippen molar-refractivity contribution in [3.8, 4) is 0 Å². The second-order valence-electron chi connectivity index (χ2n) is 5.89. The van der Waals surface area contributed by atoms with Crippen LogP contribution in [-0.4, -0.2) is 9.97 Å². The van der Waals surface area contributed by atoms with E-state index in [4.69, 9.17) is 4.98 Å². The third-order valence-corrected chi connectivity index (χ3v) is 4.12. The molecule has 0 unspecified atom stereocenters. The Morgan fingerprint density at radius 2 is 1.35 bits per heavy atom. The number of hydrogen-bond acceptors (Lipinski definition) is 1. The molecule has 0 aliphatic rings. The monoisotopic (exact) mass is 278 g/mol. The van der Waals surface area contributed by atoms with Crippen LogP contribution in [0.25, 0.3) is 0 Å². The van der Waals surface area contributed by atoms with E-state index >= 15 is 0 Å². The first-order valence-electron chi connectivity index (χ1n) is 8.88. The Hall–Kier alpha value is -0.790. The highest BCUT2D eigenvalue weighted by molar-refractivity contribution is 5.14. The highest BCUT2D eigenvalue weighted by atomic mass is 14.9. The van der Waals surface area contributed by atoms with E-state index in [1.54, 1.807) is 0 Å². The summed E-state index contributed by atoms with van der Waals surface area (Å²) in [5.74, 6) is 1.21. The molecular formula is C18H34N2. The van der Waals surface area contributed by atoms with Crippen molar-refractivity contribution in [2.45, 2.75) is 97.8 Å². The first-order valence-corrected chi connectivity index (χ1v) is 8.88. The molecule has 0 saturated heterocycles. The lowest BCUT2D eigenvalue weighted by Gasteiger charge is -2.01. The Bertz CT molecular complexity index is 320. The molecule has 0 spiro atoms. The highest BCUT2D eigenvalue weighted by Gasteiger charge is 2.06. The zero-order valence-electron chi connectivity index (χ0n) is 13.9. The second kappa shape index (κ2) is 10.9. The van der Waals surface area contributed by atoms with Crippen LogP contribution >= 0.6 is 0 Å². The molecule has 0 atom stereocenters. The number of H-pyrrole nitrogens is 1. The smallest absolute Gasteiger partial charge is 0.106 e. The fourth-order valence-corrected chi connectivity index (χ4v) is 2.81. The van der Waals surface area contributed by atoms with Gasteiger partial charge in [0.2, 0.25) is 0 Å². The minimum absolute atomic E-state index is 1.05. The van der Waals surface area contributed by atoms with Crippen molar-refractivity contribution in [2.24, 2.45) is 0 Å². The van der Waals surface area contributed by atoms with Gasteiger partial charge in [-0.3, -0.25) is 0 Å². The van der Waals surface area contributed by atoms with Gasteiger partial charge < -0.3 is 4.98 Å². The van der Waals surface area contributed by atoms with Crippen LogP contribution in [0, 0.1) is 0 Å². The molecule has 116 valence electrons. The molecule has 0 radical (unpaired) electrons. The van der Waals surface area contributed by atoms with Crippen LogP contribution in [0.5, 0.6) is 0 Å². The maximum absolute atomic E-state index is 4.71. The Morgan fingerprint density at radius 1 is 0.750 bits per heavy atom. The van der Waals surface area contributed by atoms with Crippen LogP contribution in [0.4, 0.5) is 0 Å². The number of nitrogens with one attached hydrogen (secondary N) is 1. The van der Waals surface area contributed by atoms with Gasteiger partial charge in [-0.15, -0.1) is 0 Å². The lowest BCUT2D eigenvalue weighted by atomic mass is 10.1. The minimum atomic E-state index is 1.05. The predicted molar refractivity (Wildman–Crippen MR) is 88.3 cm³/mol. The molecule has 1 aromatic rings. The Labute approximate surface area is 125 Å². The molecule has 0 fully saturated rings. The molecule has 1 aromatic heterocycles. The van der Waals surface area contributed by atoms with Crippen molar-refractivity contribution in [1.82, 2.24) is 9.97 Å². The summed E-state index contributed by atoms with van der Waals surface area (Å²) in [5.41, 5.74) is 2.62. The standard InChI is InChI=1S/C18H34N2/c1-4-7-8-9-10-11-12-13-14-15-18-19-16(5-2)17(6-3)20-18/h4-15H2,1-3H3,(H,19,20). The first-order chi connectivity index (χ1) is 9.81. The minimum Gasteiger partial charge on any atom is -0.346 e. The van der Waals surface area contributed by atoms with Gasteiger partial charge in [-0.05, 0) is 19.3 Å². The number of hydrogen-bond donors (Lipinski definition) is 1. The van der Waals surface area contributed by atoms with E-state index in [0.717, 1.165) is 19.3 Å². The fraction of sp³-hybridized carbons (Fsp3) is 0.833. The van der Waals surface area contributed by atoms with Gasteiger partial charge in [0, 0.05) is 12.1 Å². The topological polar surface area (TPSA) is 28.7 Å². The van der Waals surface area contributed by atoms with Crippen LogP contribution in [0.15, 0.2) is 0 Å². The van der Waals surface area contributed by atoms with Crippen molar-refractivity contribution in [3.05, 3.63) is 17.2 Å². The van der Waals surface area contributed by atoms with E-state index in [1.165, 1.54) is 75.0 Å². The van der Waals surface area contributed by atoms with Gasteiger partial charge >= 0.3 is 0 Å². The quantitative estimate of drug-likeness (QED) is 0.495. The summed E-state index contributed by atoms with van der Waals surface area (Å²) in [5, 5.41) is 0. The van der Waals surface area contributed by atoms with Crippen molar-refractivity contribution in [3.63, 3.8) is 0 Å². The van der Waals surface area contributed by atoms with E-state index in [1.807, 2.05) is 0 Å². The van der Waals surface area contributed by atoms with Crippen molar-refractivity contribution < 1.29 is 0 Å². The SMILES string of the molecule is CCCCCCCCCCCc1nc(CC)c(CC)[nH]1. The molecule has 0 aliphatic carbocycles. The molecule has 1 N–H and O–H groups in total. The number of imidazole rings is 1. The van der Waals surface area contributed by atoms with Crippen LogP contribution in [0.2, 0.25) is 0 Å². The van der Waals surface area contributed by atoms with Crippen LogP contribution in [0.1, 0.15) is 95.8 Å². The molecule has 0 aromatic carbocycles. The summed E-state index contributed by atoms with van der Waals surface area (Å²) >= 11 is 0. The summed E-state index contributed by atoms with van der Waals surface area (Å²) in [6.45, 7) is 6.68. The van der Waals surface area contributed by atoms with Gasteiger partial charge in [0.1, 0.15) is 5.82 Å². The first kappa shape index (κ1) is 17.3. The second-order valence-corrected chi connectivity index (χ2v) is 5.89. The average Bonchev–Trinajstić information content (AvgIpc) is 2.88. The highest BCUT2D eigenvalue weighted by Crippen LogP contribution is 2.13. The Balaban J connectivity index is 2.05. The Morgan fingerprint density at radius 3 is 1.85 bits per heavy atom. The largest absolute Gasteiger partial charge is 0.346 e. The predicted octanol–water partition coefficient (Wildman–Crippen LogP) is 5.61. The van der Waals surface area contributed by atoms with E-state index in [-0.39, 0.29) is 0 Å². The zero-order chi connectivity index (χ0) is 14.6. The molecule has 2 nitrogen and oxygen atoms in total. The Kier molecular flexibility index (Phi) is 9.44.